The molecule has 0 aliphatic carbocycles. The molecule has 0 aliphatic heterocycles. The predicted octanol–water partition coefficient (Wildman–Crippen LogP) is 4.23. The number of rotatable bonds is 0. The first-order valence-corrected chi connectivity index (χ1v) is 5.37. The second kappa shape index (κ2) is 4.67. The Morgan fingerprint density at radius 2 is 0.643 bits per heavy atom. The Kier molecular flexibility index (Phi) is 5.69. The Morgan fingerprint density at radius 3 is 0.643 bits per heavy atom. The van der Waals surface area contributed by atoms with Gasteiger partial charge in [-0.1, -0.05) is 78.3 Å². The molecule has 0 spiro atoms. The van der Waals surface area contributed by atoms with Gasteiger partial charge in [-0.3, -0.25) is 0 Å². The third-order valence-electron chi connectivity index (χ3n) is 2.60. The van der Waals surface area contributed by atoms with Crippen LogP contribution in [-0.4, -0.2) is 25.6 Å². The van der Waals surface area contributed by atoms with Gasteiger partial charge >= 0.3 is 18.9 Å². The van der Waals surface area contributed by atoms with Crippen LogP contribution in [0.25, 0.3) is 0 Å². The fourth-order valence-electron chi connectivity index (χ4n) is 3.90. The Morgan fingerprint density at radius 1 is 0.500 bits per heavy atom. The Labute approximate surface area is 104 Å². The summed E-state index contributed by atoms with van der Waals surface area (Å²) in [4.78, 5) is 0. The molecule has 0 fully saturated rings. The van der Waals surface area contributed by atoms with Gasteiger partial charge in [-0.15, -0.1) is 0 Å². The second-order valence-electron chi connectivity index (χ2n) is 7.53. The molecule has 0 saturated carbocycles. The van der Waals surface area contributed by atoms with Crippen molar-refractivity contribution in [2.24, 2.45) is 0 Å². The number of hydrogen-bond acceptors (Lipinski definition) is 0. The number of hydrogen-bond donors (Lipinski definition) is 0. The molecular weight excluding hydrogens is 162 g/mol. The van der Waals surface area contributed by atoms with Gasteiger partial charge in [0.25, 0.3) is 0 Å². The van der Waals surface area contributed by atoms with Crippen LogP contribution >= 0.6 is 0 Å². The summed E-state index contributed by atoms with van der Waals surface area (Å²) in [5, 5.41) is 1.16. The normalized spacial score (nSPS) is 13.5. The topological polar surface area (TPSA) is 0 Å². The van der Waals surface area contributed by atoms with Gasteiger partial charge in [-0.05, 0) is 0 Å². The molecule has 0 rings (SSSR count). The van der Waals surface area contributed by atoms with Gasteiger partial charge in [-0.2, -0.15) is 0 Å². The quantitative estimate of drug-likeness (QED) is 0.501. The van der Waals surface area contributed by atoms with E-state index in [9.17, 15) is 0 Å². The van der Waals surface area contributed by atoms with Crippen LogP contribution in [0.3, 0.4) is 0 Å². The Hall–Kier alpha value is 0.662. The molecule has 0 aliphatic rings. The zero-order valence-corrected chi connectivity index (χ0v) is 11.1. The van der Waals surface area contributed by atoms with E-state index in [1.54, 1.807) is 0 Å². The first-order valence-electron chi connectivity index (χ1n) is 5.37. The molecular formula is C12H28BLi. The molecule has 0 N–H and O–H groups in total. The maximum atomic E-state index is 2.36. The van der Waals surface area contributed by atoms with Crippen molar-refractivity contribution in [1.29, 1.82) is 0 Å². The van der Waals surface area contributed by atoms with Gasteiger partial charge in [0.15, 0.2) is 6.71 Å². The molecule has 0 aromatic carbocycles. The zero-order chi connectivity index (χ0) is 11.1. The molecule has 14 heavy (non-hydrogen) atoms. The summed E-state index contributed by atoms with van der Waals surface area (Å²) < 4.78 is 0. The molecule has 0 saturated heterocycles. The first-order chi connectivity index (χ1) is 5.37. The summed E-state index contributed by atoms with van der Waals surface area (Å²) in [5.74, 6) is 0. The molecule has 80 valence electrons. The van der Waals surface area contributed by atoms with Crippen molar-refractivity contribution in [3.63, 3.8) is 0 Å². The van der Waals surface area contributed by atoms with Crippen LogP contribution in [0.15, 0.2) is 0 Å². The molecule has 0 aromatic rings. The van der Waals surface area contributed by atoms with Crippen LogP contribution in [0.5, 0.6) is 0 Å². The minimum atomic E-state index is 0. The molecule has 0 atom stereocenters. The van der Waals surface area contributed by atoms with E-state index in [0.717, 1.165) is 6.71 Å². The fraction of sp³-hybridized carbons (Fsp3) is 1.00. The summed E-state index contributed by atoms with van der Waals surface area (Å²) in [6.07, 6.45) is 0. The van der Waals surface area contributed by atoms with Gasteiger partial charge in [0.05, 0.1) is 0 Å². The van der Waals surface area contributed by atoms with E-state index in [0.29, 0.717) is 15.9 Å². The molecule has 0 amide bonds. The van der Waals surface area contributed by atoms with E-state index >= 15 is 0 Å². The van der Waals surface area contributed by atoms with Crippen LogP contribution < -0.4 is 0 Å². The fourth-order valence-corrected chi connectivity index (χ4v) is 3.90. The van der Waals surface area contributed by atoms with Gasteiger partial charge in [0.1, 0.15) is 0 Å². The third-order valence-corrected chi connectivity index (χ3v) is 2.60. The van der Waals surface area contributed by atoms with Crippen molar-refractivity contribution in [3.8, 4) is 0 Å². The van der Waals surface area contributed by atoms with Crippen molar-refractivity contribution >= 4 is 25.6 Å². The monoisotopic (exact) mass is 190 g/mol. The average Bonchev–Trinajstić information content (AvgIpc) is 1.44. The average molecular weight is 190 g/mol. The summed E-state index contributed by atoms with van der Waals surface area (Å²) in [7, 11) is 0. The predicted molar refractivity (Wildman–Crippen MR) is 72.0 cm³/mol. The van der Waals surface area contributed by atoms with Crippen LogP contribution in [-0.2, 0) is 0 Å². The van der Waals surface area contributed by atoms with Crippen LogP contribution in [0.2, 0.25) is 15.9 Å². The van der Waals surface area contributed by atoms with E-state index in [2.05, 4.69) is 62.3 Å². The molecule has 0 aromatic heterocycles. The van der Waals surface area contributed by atoms with E-state index < -0.39 is 0 Å². The van der Waals surface area contributed by atoms with Crippen molar-refractivity contribution in [1.82, 2.24) is 0 Å². The van der Waals surface area contributed by atoms with E-state index in [1.165, 1.54) is 0 Å². The summed E-state index contributed by atoms with van der Waals surface area (Å²) in [6, 6.07) is 0. The first kappa shape index (κ1) is 17.1. The van der Waals surface area contributed by atoms with E-state index in [-0.39, 0.29) is 18.9 Å². The summed E-state index contributed by atoms with van der Waals surface area (Å²) in [6.45, 7) is 21.9. The van der Waals surface area contributed by atoms with Gasteiger partial charge in [-0.25, -0.2) is 0 Å². The van der Waals surface area contributed by atoms with E-state index in [4.69, 9.17) is 0 Å². The Bertz CT molecular complexity index is 133. The molecule has 0 nitrogen and oxygen atoms in total. The summed E-state index contributed by atoms with van der Waals surface area (Å²) in [5.41, 5.74) is 0. The van der Waals surface area contributed by atoms with E-state index in [1.807, 2.05) is 0 Å². The maximum absolute atomic E-state index is 2.36. The van der Waals surface area contributed by atoms with Crippen molar-refractivity contribution < 1.29 is 0 Å². The molecule has 0 unspecified atom stereocenters. The van der Waals surface area contributed by atoms with Crippen LogP contribution in [0.4, 0.5) is 0 Å². The molecule has 0 radical (unpaired) electrons. The molecule has 2 heteroatoms. The molecule has 0 heterocycles. The summed E-state index contributed by atoms with van der Waals surface area (Å²) >= 11 is 0. The third kappa shape index (κ3) is 4.94. The SMILES string of the molecule is CC(C)(C)B(C(C)(C)C)C(C)(C)C.[LiH]. The van der Waals surface area contributed by atoms with Crippen molar-refractivity contribution in [2.75, 3.05) is 0 Å². The van der Waals surface area contributed by atoms with Crippen LogP contribution in [0.1, 0.15) is 62.3 Å². The van der Waals surface area contributed by atoms with Gasteiger partial charge in [0, 0.05) is 0 Å². The second-order valence-corrected chi connectivity index (χ2v) is 7.53. The van der Waals surface area contributed by atoms with Crippen LogP contribution in [0, 0.1) is 0 Å². The standard InChI is InChI=1S/C12H27B.Li.H/c1-10(2,3)13(11(4,5)6)12(7,8)9;;/h1-9H3;;. The Balaban J connectivity index is 0. The zero-order valence-electron chi connectivity index (χ0n) is 11.1. The van der Waals surface area contributed by atoms with Crippen molar-refractivity contribution in [2.45, 2.75) is 78.3 Å². The van der Waals surface area contributed by atoms with Gasteiger partial charge < -0.3 is 0 Å². The van der Waals surface area contributed by atoms with Gasteiger partial charge in [0.2, 0.25) is 0 Å². The van der Waals surface area contributed by atoms with Crippen molar-refractivity contribution in [3.05, 3.63) is 0 Å². The molecule has 0 bridgehead atoms. The minimum absolute atomic E-state index is 0.